The fourth-order valence-electron chi connectivity index (χ4n) is 2.05. The van der Waals surface area contributed by atoms with Gasteiger partial charge in [-0.2, -0.15) is 0 Å². The Balaban J connectivity index is 2.31. The van der Waals surface area contributed by atoms with E-state index < -0.39 is 0 Å². The summed E-state index contributed by atoms with van der Waals surface area (Å²) >= 11 is 0. The van der Waals surface area contributed by atoms with Gasteiger partial charge in [0.2, 0.25) is 0 Å². The van der Waals surface area contributed by atoms with Crippen LogP contribution in [0, 0.1) is 0 Å². The Bertz CT molecular complexity index is 464. The van der Waals surface area contributed by atoms with Crippen molar-refractivity contribution < 1.29 is 0 Å². The number of aryl methyl sites for hydroxylation is 1. The predicted molar refractivity (Wildman–Crippen MR) is 72.3 cm³/mol. The van der Waals surface area contributed by atoms with Crippen molar-refractivity contribution in [2.75, 3.05) is 6.54 Å². The zero-order valence-corrected chi connectivity index (χ0v) is 11.0. The van der Waals surface area contributed by atoms with Gasteiger partial charge in [-0.25, -0.2) is 4.98 Å². The Kier molecular flexibility index (Phi) is 4.47. The quantitative estimate of drug-likeness (QED) is 0.848. The smallest absolute Gasteiger partial charge is 0.130 e. The van der Waals surface area contributed by atoms with Gasteiger partial charge in [0.05, 0.1) is 6.04 Å². The van der Waals surface area contributed by atoms with Gasteiger partial charge >= 0.3 is 0 Å². The number of imidazole rings is 1. The van der Waals surface area contributed by atoms with Crippen molar-refractivity contribution in [3.05, 3.63) is 48.3 Å². The molecular formula is C14H20N4. The number of rotatable bonds is 6. The molecule has 4 nitrogen and oxygen atoms in total. The molecule has 1 atom stereocenters. The van der Waals surface area contributed by atoms with E-state index in [1.165, 1.54) is 5.56 Å². The Morgan fingerprint density at radius 2 is 2.00 bits per heavy atom. The van der Waals surface area contributed by atoms with E-state index in [0.717, 1.165) is 25.3 Å². The number of pyridine rings is 1. The average molecular weight is 244 g/mol. The molecular weight excluding hydrogens is 224 g/mol. The maximum atomic E-state index is 4.50. The SMILES string of the molecule is CCCNC(c1ccncc1)c1nccn1CC. The zero-order chi connectivity index (χ0) is 12.8. The van der Waals surface area contributed by atoms with Crippen LogP contribution in [0.15, 0.2) is 36.9 Å². The molecule has 0 fully saturated rings. The lowest BCUT2D eigenvalue weighted by Gasteiger charge is -2.19. The molecule has 18 heavy (non-hydrogen) atoms. The number of hydrogen-bond donors (Lipinski definition) is 1. The third-order valence-corrected chi connectivity index (χ3v) is 2.98. The summed E-state index contributed by atoms with van der Waals surface area (Å²) in [4.78, 5) is 8.57. The second-order valence-electron chi connectivity index (χ2n) is 4.24. The minimum Gasteiger partial charge on any atom is -0.334 e. The normalized spacial score (nSPS) is 12.6. The first-order valence-corrected chi connectivity index (χ1v) is 6.51. The summed E-state index contributed by atoms with van der Waals surface area (Å²) in [6, 6.07) is 4.23. The average Bonchev–Trinajstić information content (AvgIpc) is 2.89. The Hall–Kier alpha value is -1.68. The van der Waals surface area contributed by atoms with Crippen LogP contribution in [-0.4, -0.2) is 21.1 Å². The number of hydrogen-bond acceptors (Lipinski definition) is 3. The van der Waals surface area contributed by atoms with Crippen LogP contribution in [0.1, 0.15) is 37.7 Å². The minimum absolute atomic E-state index is 0.142. The molecule has 0 saturated heterocycles. The Morgan fingerprint density at radius 1 is 1.22 bits per heavy atom. The highest BCUT2D eigenvalue weighted by atomic mass is 15.1. The fourth-order valence-corrected chi connectivity index (χ4v) is 2.05. The lowest BCUT2D eigenvalue weighted by Crippen LogP contribution is -2.26. The third kappa shape index (κ3) is 2.76. The molecule has 0 radical (unpaired) electrons. The van der Waals surface area contributed by atoms with Gasteiger partial charge in [-0.1, -0.05) is 6.92 Å². The maximum Gasteiger partial charge on any atom is 0.130 e. The molecule has 0 aromatic carbocycles. The molecule has 0 aliphatic rings. The van der Waals surface area contributed by atoms with Crippen molar-refractivity contribution in [2.45, 2.75) is 32.9 Å². The van der Waals surface area contributed by atoms with Crippen LogP contribution < -0.4 is 5.32 Å². The monoisotopic (exact) mass is 244 g/mol. The number of nitrogens with zero attached hydrogens (tertiary/aromatic N) is 3. The van der Waals surface area contributed by atoms with E-state index in [2.05, 4.69) is 33.7 Å². The van der Waals surface area contributed by atoms with Crippen molar-refractivity contribution in [1.29, 1.82) is 0 Å². The van der Waals surface area contributed by atoms with E-state index in [4.69, 9.17) is 0 Å². The summed E-state index contributed by atoms with van der Waals surface area (Å²) in [5, 5.41) is 3.55. The van der Waals surface area contributed by atoms with Gasteiger partial charge in [-0.3, -0.25) is 4.98 Å². The van der Waals surface area contributed by atoms with Crippen molar-refractivity contribution in [3.8, 4) is 0 Å². The molecule has 1 N–H and O–H groups in total. The molecule has 2 aromatic rings. The molecule has 2 heterocycles. The zero-order valence-electron chi connectivity index (χ0n) is 11.0. The van der Waals surface area contributed by atoms with Crippen LogP contribution in [0.2, 0.25) is 0 Å². The van der Waals surface area contributed by atoms with Crippen LogP contribution in [0.5, 0.6) is 0 Å². The van der Waals surface area contributed by atoms with Crippen LogP contribution in [0.3, 0.4) is 0 Å². The summed E-state index contributed by atoms with van der Waals surface area (Å²) in [7, 11) is 0. The number of aromatic nitrogens is 3. The van der Waals surface area contributed by atoms with E-state index in [1.54, 1.807) is 0 Å². The fraction of sp³-hybridized carbons (Fsp3) is 0.429. The molecule has 4 heteroatoms. The molecule has 0 bridgehead atoms. The molecule has 2 rings (SSSR count). The summed E-state index contributed by atoms with van der Waals surface area (Å²) in [6.45, 7) is 6.21. The van der Waals surface area contributed by atoms with Crippen LogP contribution >= 0.6 is 0 Å². The first kappa shape index (κ1) is 12.8. The van der Waals surface area contributed by atoms with Crippen LogP contribution in [0.4, 0.5) is 0 Å². The molecule has 0 aliphatic carbocycles. The minimum atomic E-state index is 0.142. The maximum absolute atomic E-state index is 4.50. The van der Waals surface area contributed by atoms with Gasteiger partial charge in [-0.05, 0) is 37.6 Å². The lowest BCUT2D eigenvalue weighted by atomic mass is 10.1. The summed E-state index contributed by atoms with van der Waals surface area (Å²) in [5.74, 6) is 1.07. The highest BCUT2D eigenvalue weighted by molar-refractivity contribution is 5.22. The standard InChI is InChI=1S/C14H20N4/c1-3-7-16-13(12-5-8-15-9-6-12)14-17-10-11-18(14)4-2/h5-6,8-11,13,16H,3-4,7H2,1-2H3. The van der Waals surface area contributed by atoms with Gasteiger partial charge in [0.1, 0.15) is 5.82 Å². The van der Waals surface area contributed by atoms with Gasteiger partial charge in [0, 0.05) is 31.3 Å². The first-order chi connectivity index (χ1) is 8.86. The predicted octanol–water partition coefficient (Wildman–Crippen LogP) is 2.39. The van der Waals surface area contributed by atoms with Gasteiger partial charge in [-0.15, -0.1) is 0 Å². The summed E-state index contributed by atoms with van der Waals surface area (Å²) < 4.78 is 2.17. The molecule has 1 unspecified atom stereocenters. The van der Waals surface area contributed by atoms with E-state index >= 15 is 0 Å². The Morgan fingerprint density at radius 3 is 2.67 bits per heavy atom. The topological polar surface area (TPSA) is 42.7 Å². The van der Waals surface area contributed by atoms with E-state index in [-0.39, 0.29) is 6.04 Å². The van der Waals surface area contributed by atoms with Crippen molar-refractivity contribution in [3.63, 3.8) is 0 Å². The molecule has 0 aliphatic heterocycles. The molecule has 96 valence electrons. The first-order valence-electron chi connectivity index (χ1n) is 6.51. The van der Waals surface area contributed by atoms with Gasteiger partial charge in [0.15, 0.2) is 0 Å². The second kappa shape index (κ2) is 6.31. The van der Waals surface area contributed by atoms with E-state index in [9.17, 15) is 0 Å². The van der Waals surface area contributed by atoms with Gasteiger partial charge in [0.25, 0.3) is 0 Å². The molecule has 0 spiro atoms. The largest absolute Gasteiger partial charge is 0.334 e. The van der Waals surface area contributed by atoms with E-state index in [1.807, 2.05) is 36.9 Å². The second-order valence-corrected chi connectivity index (χ2v) is 4.24. The van der Waals surface area contributed by atoms with Crippen molar-refractivity contribution in [2.24, 2.45) is 0 Å². The van der Waals surface area contributed by atoms with Crippen molar-refractivity contribution >= 4 is 0 Å². The van der Waals surface area contributed by atoms with Crippen LogP contribution in [0.25, 0.3) is 0 Å². The van der Waals surface area contributed by atoms with Gasteiger partial charge < -0.3 is 9.88 Å². The lowest BCUT2D eigenvalue weighted by molar-refractivity contribution is 0.541. The third-order valence-electron chi connectivity index (χ3n) is 2.98. The highest BCUT2D eigenvalue weighted by Crippen LogP contribution is 2.20. The molecule has 0 amide bonds. The molecule has 2 aromatic heterocycles. The van der Waals surface area contributed by atoms with E-state index in [0.29, 0.717) is 0 Å². The van der Waals surface area contributed by atoms with Crippen molar-refractivity contribution in [1.82, 2.24) is 19.9 Å². The van der Waals surface area contributed by atoms with Crippen LogP contribution in [-0.2, 0) is 6.54 Å². The highest BCUT2D eigenvalue weighted by Gasteiger charge is 2.17. The molecule has 0 saturated carbocycles. The number of nitrogens with one attached hydrogen (secondary N) is 1. The summed E-state index contributed by atoms with van der Waals surface area (Å²) in [5.41, 5.74) is 1.21. The summed E-state index contributed by atoms with van der Waals surface area (Å²) in [6.07, 6.45) is 8.65. The Labute approximate surface area is 108 Å².